The summed E-state index contributed by atoms with van der Waals surface area (Å²) in [6.45, 7) is 2.56. The Labute approximate surface area is 127 Å². The molecule has 2 nitrogen and oxygen atoms in total. The van der Waals surface area contributed by atoms with E-state index in [2.05, 4.69) is 15.9 Å². The van der Waals surface area contributed by atoms with Crippen LogP contribution in [0.25, 0.3) is 0 Å². The largest absolute Gasteiger partial charge is 0.487 e. The summed E-state index contributed by atoms with van der Waals surface area (Å²) in [5, 5.41) is 10.2. The summed E-state index contributed by atoms with van der Waals surface area (Å²) in [6, 6.07) is 14.1. The number of hydrogen-bond acceptors (Lipinski definition) is 2. The predicted octanol–water partition coefficient (Wildman–Crippen LogP) is 4.32. The summed E-state index contributed by atoms with van der Waals surface area (Å²) >= 11 is 3.56. The Morgan fingerprint density at radius 3 is 2.50 bits per heavy atom. The Bertz CT molecular complexity index is 595. The van der Waals surface area contributed by atoms with Crippen LogP contribution in [0.3, 0.4) is 0 Å². The van der Waals surface area contributed by atoms with E-state index in [9.17, 15) is 5.11 Å². The van der Waals surface area contributed by atoms with Gasteiger partial charge in [-0.15, -0.1) is 0 Å². The number of hydrogen-bond donors (Lipinski definition) is 1. The third-order valence-corrected chi connectivity index (χ3v) is 4.31. The van der Waals surface area contributed by atoms with E-state index < -0.39 is 5.60 Å². The summed E-state index contributed by atoms with van der Waals surface area (Å²) < 4.78 is 6.82. The van der Waals surface area contributed by atoms with Gasteiger partial charge in [0.15, 0.2) is 0 Å². The Morgan fingerprint density at radius 2 is 1.90 bits per heavy atom. The smallest absolute Gasteiger partial charge is 0.136 e. The standard InChI is InChI=1S/C17H17BrO2/c1-12-9-14(17(19)7-8-17)10-15(18)16(12)20-11-13-5-3-2-4-6-13/h2-6,9-10,19H,7-8,11H2,1H3. The first-order valence-electron chi connectivity index (χ1n) is 6.78. The molecule has 0 unspecified atom stereocenters. The maximum atomic E-state index is 10.2. The molecular weight excluding hydrogens is 316 g/mol. The highest BCUT2D eigenvalue weighted by molar-refractivity contribution is 9.10. The van der Waals surface area contributed by atoms with Crippen LogP contribution in [0.15, 0.2) is 46.9 Å². The Balaban J connectivity index is 1.80. The molecule has 3 heteroatoms. The van der Waals surface area contributed by atoms with Crippen LogP contribution in [0.1, 0.15) is 29.5 Å². The fourth-order valence-corrected chi connectivity index (χ4v) is 2.99. The predicted molar refractivity (Wildman–Crippen MR) is 82.8 cm³/mol. The molecule has 1 aliphatic carbocycles. The minimum Gasteiger partial charge on any atom is -0.487 e. The van der Waals surface area contributed by atoms with Crippen LogP contribution < -0.4 is 4.74 Å². The zero-order chi connectivity index (χ0) is 14.2. The van der Waals surface area contributed by atoms with Crippen molar-refractivity contribution < 1.29 is 9.84 Å². The number of aryl methyl sites for hydroxylation is 1. The fraction of sp³-hybridized carbons (Fsp3) is 0.294. The molecular formula is C17H17BrO2. The van der Waals surface area contributed by atoms with Crippen molar-refractivity contribution in [1.82, 2.24) is 0 Å². The average Bonchev–Trinajstić information content (AvgIpc) is 3.18. The molecule has 0 atom stereocenters. The molecule has 1 fully saturated rings. The van der Waals surface area contributed by atoms with Gasteiger partial charge in [0.25, 0.3) is 0 Å². The van der Waals surface area contributed by atoms with E-state index in [0.29, 0.717) is 6.61 Å². The number of aliphatic hydroxyl groups is 1. The van der Waals surface area contributed by atoms with E-state index in [-0.39, 0.29) is 0 Å². The molecule has 1 N–H and O–H groups in total. The van der Waals surface area contributed by atoms with Gasteiger partial charge in [0, 0.05) is 0 Å². The first-order chi connectivity index (χ1) is 9.58. The highest BCUT2D eigenvalue weighted by Crippen LogP contribution is 2.47. The molecule has 0 saturated heterocycles. The Hall–Kier alpha value is -1.32. The van der Waals surface area contributed by atoms with Gasteiger partial charge in [-0.1, -0.05) is 30.3 Å². The zero-order valence-electron chi connectivity index (χ0n) is 11.4. The molecule has 20 heavy (non-hydrogen) atoms. The second-order valence-corrected chi connectivity index (χ2v) is 6.26. The number of halogens is 1. The molecule has 0 amide bonds. The lowest BCUT2D eigenvalue weighted by Gasteiger charge is -2.15. The van der Waals surface area contributed by atoms with Gasteiger partial charge in [-0.25, -0.2) is 0 Å². The molecule has 2 aromatic rings. The lowest BCUT2D eigenvalue weighted by molar-refractivity contribution is 0.151. The van der Waals surface area contributed by atoms with Crippen LogP contribution >= 0.6 is 15.9 Å². The quantitative estimate of drug-likeness (QED) is 0.903. The molecule has 0 spiro atoms. The highest BCUT2D eigenvalue weighted by Gasteiger charge is 2.42. The van der Waals surface area contributed by atoms with Crippen LogP contribution in [0.5, 0.6) is 5.75 Å². The van der Waals surface area contributed by atoms with Crippen molar-refractivity contribution in [2.45, 2.75) is 32.0 Å². The SMILES string of the molecule is Cc1cc(C2(O)CC2)cc(Br)c1OCc1ccccc1. The van der Waals surface area contributed by atoms with Crippen molar-refractivity contribution in [3.05, 3.63) is 63.6 Å². The summed E-state index contributed by atoms with van der Waals surface area (Å²) in [4.78, 5) is 0. The minimum atomic E-state index is -0.606. The zero-order valence-corrected chi connectivity index (χ0v) is 13.0. The summed E-state index contributed by atoms with van der Waals surface area (Å²) in [5.74, 6) is 0.849. The Morgan fingerprint density at radius 1 is 1.20 bits per heavy atom. The first kappa shape index (κ1) is 13.7. The molecule has 0 radical (unpaired) electrons. The molecule has 1 aliphatic rings. The summed E-state index contributed by atoms with van der Waals surface area (Å²) in [7, 11) is 0. The molecule has 3 rings (SSSR count). The maximum Gasteiger partial charge on any atom is 0.136 e. The first-order valence-corrected chi connectivity index (χ1v) is 7.57. The molecule has 0 aliphatic heterocycles. The third kappa shape index (κ3) is 2.74. The van der Waals surface area contributed by atoms with E-state index in [1.165, 1.54) is 0 Å². The van der Waals surface area contributed by atoms with Crippen molar-refractivity contribution in [1.29, 1.82) is 0 Å². The van der Waals surface area contributed by atoms with Crippen LogP contribution in [0, 0.1) is 6.92 Å². The number of ether oxygens (including phenoxy) is 1. The molecule has 104 valence electrons. The lowest BCUT2D eigenvalue weighted by Crippen LogP contribution is -2.06. The van der Waals surface area contributed by atoms with Gasteiger partial charge in [0.1, 0.15) is 12.4 Å². The van der Waals surface area contributed by atoms with Crippen LogP contribution in [-0.4, -0.2) is 5.11 Å². The second-order valence-electron chi connectivity index (χ2n) is 5.41. The van der Waals surface area contributed by atoms with Gasteiger partial charge in [-0.3, -0.25) is 0 Å². The number of rotatable bonds is 4. The van der Waals surface area contributed by atoms with Gasteiger partial charge in [-0.05, 0) is 64.5 Å². The second kappa shape index (κ2) is 5.23. The van der Waals surface area contributed by atoms with Crippen molar-refractivity contribution >= 4 is 15.9 Å². The van der Waals surface area contributed by atoms with Gasteiger partial charge in [0.2, 0.25) is 0 Å². The van der Waals surface area contributed by atoms with Crippen LogP contribution in [0.2, 0.25) is 0 Å². The van der Waals surface area contributed by atoms with Crippen molar-refractivity contribution in [2.75, 3.05) is 0 Å². The minimum absolute atomic E-state index is 0.546. The number of benzene rings is 2. The van der Waals surface area contributed by atoms with Crippen molar-refractivity contribution in [2.24, 2.45) is 0 Å². The van der Waals surface area contributed by atoms with E-state index >= 15 is 0 Å². The highest BCUT2D eigenvalue weighted by atomic mass is 79.9. The van der Waals surface area contributed by atoms with Crippen molar-refractivity contribution in [3.8, 4) is 5.75 Å². The van der Waals surface area contributed by atoms with Gasteiger partial charge < -0.3 is 9.84 Å². The van der Waals surface area contributed by atoms with Crippen molar-refractivity contribution in [3.63, 3.8) is 0 Å². The van der Waals surface area contributed by atoms with Gasteiger partial charge >= 0.3 is 0 Å². The molecule has 1 saturated carbocycles. The third-order valence-electron chi connectivity index (χ3n) is 3.72. The van der Waals surface area contributed by atoms with E-state index in [4.69, 9.17) is 4.74 Å². The van der Waals surface area contributed by atoms with E-state index in [1.54, 1.807) is 0 Å². The monoisotopic (exact) mass is 332 g/mol. The fourth-order valence-electron chi connectivity index (χ4n) is 2.32. The van der Waals surface area contributed by atoms with E-state index in [1.807, 2.05) is 49.4 Å². The molecule has 2 aromatic carbocycles. The lowest BCUT2D eigenvalue weighted by atomic mass is 10.0. The Kier molecular flexibility index (Phi) is 3.57. The summed E-state index contributed by atoms with van der Waals surface area (Å²) in [6.07, 6.45) is 1.70. The van der Waals surface area contributed by atoms with Gasteiger partial charge in [0.05, 0.1) is 10.1 Å². The summed E-state index contributed by atoms with van der Waals surface area (Å²) in [5.41, 5.74) is 2.56. The molecule has 0 aromatic heterocycles. The van der Waals surface area contributed by atoms with Crippen LogP contribution in [-0.2, 0) is 12.2 Å². The topological polar surface area (TPSA) is 29.5 Å². The van der Waals surface area contributed by atoms with Crippen LogP contribution in [0.4, 0.5) is 0 Å². The van der Waals surface area contributed by atoms with E-state index in [0.717, 1.165) is 39.8 Å². The normalized spacial score (nSPS) is 15.9. The molecule has 0 bridgehead atoms. The molecule has 0 heterocycles. The average molecular weight is 333 g/mol. The maximum absolute atomic E-state index is 10.2. The van der Waals surface area contributed by atoms with Gasteiger partial charge in [-0.2, -0.15) is 0 Å².